The molecule has 2 unspecified atom stereocenters. The summed E-state index contributed by atoms with van der Waals surface area (Å²) in [4.78, 5) is 5.28. The van der Waals surface area contributed by atoms with Crippen LogP contribution in [0.5, 0.6) is 0 Å². The van der Waals surface area contributed by atoms with Crippen LogP contribution in [0.15, 0.2) is 29.4 Å². The fourth-order valence-electron chi connectivity index (χ4n) is 2.57. The van der Waals surface area contributed by atoms with Crippen LogP contribution in [0.2, 0.25) is 0 Å². The number of nitrogens with one attached hydrogen (secondary N) is 1. The molecular formula is C14H19N3S. The first-order valence-corrected chi connectivity index (χ1v) is 7.39. The molecule has 1 saturated carbocycles. The van der Waals surface area contributed by atoms with Crippen molar-refractivity contribution in [3.05, 3.63) is 24.5 Å². The first kappa shape index (κ1) is 13.4. The number of aromatic nitrogens is 1. The van der Waals surface area contributed by atoms with E-state index in [1.54, 1.807) is 0 Å². The molecule has 1 heterocycles. The zero-order valence-electron chi connectivity index (χ0n) is 10.7. The summed E-state index contributed by atoms with van der Waals surface area (Å²) in [5.74, 6) is 0. The summed E-state index contributed by atoms with van der Waals surface area (Å²) in [5.41, 5.74) is -0.308. The normalized spacial score (nSPS) is 27.7. The molecule has 18 heavy (non-hydrogen) atoms. The number of hydrogen-bond donors (Lipinski definition) is 1. The third kappa shape index (κ3) is 3.24. The van der Waals surface area contributed by atoms with Crippen molar-refractivity contribution in [3.8, 4) is 6.07 Å². The zero-order valence-corrected chi connectivity index (χ0v) is 11.5. The van der Waals surface area contributed by atoms with Crippen LogP contribution in [0.1, 0.15) is 32.6 Å². The van der Waals surface area contributed by atoms with Gasteiger partial charge in [-0.05, 0) is 44.4 Å². The number of hydrogen-bond acceptors (Lipinski definition) is 4. The highest BCUT2D eigenvalue weighted by molar-refractivity contribution is 8.00. The Kier molecular flexibility index (Phi) is 4.62. The summed E-state index contributed by atoms with van der Waals surface area (Å²) in [6, 6.07) is 6.58. The van der Waals surface area contributed by atoms with Gasteiger partial charge in [-0.15, -0.1) is 11.8 Å². The van der Waals surface area contributed by atoms with E-state index in [-0.39, 0.29) is 5.54 Å². The van der Waals surface area contributed by atoms with Crippen molar-refractivity contribution in [2.75, 3.05) is 6.54 Å². The smallest absolute Gasteiger partial charge is 0.107 e. The first-order valence-electron chi connectivity index (χ1n) is 6.51. The lowest BCUT2D eigenvalue weighted by Gasteiger charge is -2.36. The second-order valence-corrected chi connectivity index (χ2v) is 6.12. The first-order chi connectivity index (χ1) is 8.78. The predicted molar refractivity (Wildman–Crippen MR) is 74.4 cm³/mol. The Hall–Kier alpha value is -1.05. The van der Waals surface area contributed by atoms with Gasteiger partial charge in [0.15, 0.2) is 0 Å². The van der Waals surface area contributed by atoms with Crippen LogP contribution in [0.4, 0.5) is 0 Å². The Morgan fingerprint density at radius 1 is 1.56 bits per heavy atom. The van der Waals surface area contributed by atoms with Crippen molar-refractivity contribution in [2.45, 2.75) is 48.3 Å². The number of thioether (sulfide) groups is 1. The molecule has 1 fully saturated rings. The maximum atomic E-state index is 9.42. The summed E-state index contributed by atoms with van der Waals surface area (Å²) < 4.78 is 0. The van der Waals surface area contributed by atoms with E-state index in [4.69, 9.17) is 0 Å². The minimum absolute atomic E-state index is 0.308. The van der Waals surface area contributed by atoms with E-state index in [9.17, 15) is 5.26 Å². The maximum absolute atomic E-state index is 9.42. The fourth-order valence-corrected chi connectivity index (χ4v) is 3.89. The SMILES string of the molecule is CCNC1(C#N)CCCC(Sc2ccncc2)C1. The quantitative estimate of drug-likeness (QED) is 0.905. The third-order valence-electron chi connectivity index (χ3n) is 3.39. The summed E-state index contributed by atoms with van der Waals surface area (Å²) in [7, 11) is 0. The molecule has 1 aliphatic rings. The maximum Gasteiger partial charge on any atom is 0.107 e. The highest BCUT2D eigenvalue weighted by atomic mass is 32.2. The Morgan fingerprint density at radius 2 is 2.33 bits per heavy atom. The van der Waals surface area contributed by atoms with Crippen LogP contribution in [0.3, 0.4) is 0 Å². The van der Waals surface area contributed by atoms with Gasteiger partial charge in [-0.2, -0.15) is 5.26 Å². The number of pyridine rings is 1. The van der Waals surface area contributed by atoms with Crippen molar-refractivity contribution < 1.29 is 0 Å². The van der Waals surface area contributed by atoms with Gasteiger partial charge in [0.25, 0.3) is 0 Å². The van der Waals surface area contributed by atoms with Gasteiger partial charge in [0.1, 0.15) is 5.54 Å². The second-order valence-electron chi connectivity index (χ2n) is 4.74. The molecule has 0 aromatic carbocycles. The molecule has 1 aliphatic carbocycles. The van der Waals surface area contributed by atoms with Gasteiger partial charge in [-0.3, -0.25) is 10.3 Å². The largest absolute Gasteiger partial charge is 0.300 e. The monoisotopic (exact) mass is 261 g/mol. The molecule has 3 nitrogen and oxygen atoms in total. The van der Waals surface area contributed by atoms with Crippen LogP contribution in [-0.4, -0.2) is 22.3 Å². The number of rotatable bonds is 4. The Labute approximate surface area is 113 Å². The van der Waals surface area contributed by atoms with Gasteiger partial charge in [-0.25, -0.2) is 0 Å². The summed E-state index contributed by atoms with van der Waals surface area (Å²) in [5, 5.41) is 13.3. The van der Waals surface area contributed by atoms with Gasteiger partial charge >= 0.3 is 0 Å². The van der Waals surface area contributed by atoms with Gasteiger partial charge in [0, 0.05) is 22.5 Å². The molecule has 0 saturated heterocycles. The zero-order chi connectivity index (χ0) is 12.8. The third-order valence-corrected chi connectivity index (χ3v) is 4.67. The standard InChI is InChI=1S/C14H19N3S/c1-2-17-14(11-15)7-3-4-13(10-14)18-12-5-8-16-9-6-12/h5-6,8-9,13,17H,2-4,7,10H2,1H3. The van der Waals surface area contributed by atoms with Crippen molar-refractivity contribution in [1.82, 2.24) is 10.3 Å². The second kappa shape index (κ2) is 6.21. The number of nitriles is 1. The number of nitrogens with zero attached hydrogens (tertiary/aromatic N) is 2. The molecule has 2 rings (SSSR count). The minimum atomic E-state index is -0.308. The predicted octanol–water partition coefficient (Wildman–Crippen LogP) is 2.99. The van der Waals surface area contributed by atoms with Crippen LogP contribution < -0.4 is 5.32 Å². The van der Waals surface area contributed by atoms with Gasteiger partial charge in [-0.1, -0.05) is 6.92 Å². The van der Waals surface area contributed by atoms with Crippen LogP contribution in [-0.2, 0) is 0 Å². The van der Waals surface area contributed by atoms with Gasteiger partial charge < -0.3 is 0 Å². The van der Waals surface area contributed by atoms with E-state index in [1.807, 2.05) is 36.3 Å². The molecule has 4 heteroatoms. The summed E-state index contributed by atoms with van der Waals surface area (Å²) >= 11 is 1.88. The van der Waals surface area contributed by atoms with Gasteiger partial charge in [0.05, 0.1) is 6.07 Å². The highest BCUT2D eigenvalue weighted by Crippen LogP contribution is 2.37. The van der Waals surface area contributed by atoms with Gasteiger partial charge in [0.2, 0.25) is 0 Å². The van der Waals surface area contributed by atoms with Crippen LogP contribution >= 0.6 is 11.8 Å². The molecule has 2 atom stereocenters. The topological polar surface area (TPSA) is 48.7 Å². The lowest BCUT2D eigenvalue weighted by molar-refractivity contribution is 0.309. The van der Waals surface area contributed by atoms with E-state index in [1.165, 1.54) is 11.3 Å². The Bertz CT molecular complexity index is 411. The molecule has 96 valence electrons. The summed E-state index contributed by atoms with van der Waals surface area (Å²) in [6.07, 6.45) is 7.89. The Balaban J connectivity index is 2.01. The lowest BCUT2D eigenvalue weighted by Crippen LogP contribution is -2.48. The molecule has 1 N–H and O–H groups in total. The molecular weight excluding hydrogens is 242 g/mol. The molecule has 0 amide bonds. The lowest BCUT2D eigenvalue weighted by atomic mass is 9.82. The molecule has 0 bridgehead atoms. The van der Waals surface area contributed by atoms with Crippen molar-refractivity contribution in [2.24, 2.45) is 0 Å². The Morgan fingerprint density at radius 3 is 3.00 bits per heavy atom. The summed E-state index contributed by atoms with van der Waals surface area (Å²) in [6.45, 7) is 2.93. The van der Waals surface area contributed by atoms with E-state index in [2.05, 4.69) is 23.3 Å². The van der Waals surface area contributed by atoms with Crippen molar-refractivity contribution >= 4 is 11.8 Å². The molecule has 0 spiro atoms. The minimum Gasteiger partial charge on any atom is -0.300 e. The van der Waals surface area contributed by atoms with E-state index in [0.717, 1.165) is 25.8 Å². The molecule has 0 aliphatic heterocycles. The fraction of sp³-hybridized carbons (Fsp3) is 0.571. The average molecular weight is 261 g/mol. The van der Waals surface area contributed by atoms with Crippen molar-refractivity contribution in [3.63, 3.8) is 0 Å². The van der Waals surface area contributed by atoms with E-state index in [0.29, 0.717) is 5.25 Å². The average Bonchev–Trinajstić information content (AvgIpc) is 2.41. The molecule has 1 aromatic heterocycles. The van der Waals surface area contributed by atoms with E-state index >= 15 is 0 Å². The van der Waals surface area contributed by atoms with Crippen LogP contribution in [0, 0.1) is 11.3 Å². The molecule has 1 aromatic rings. The van der Waals surface area contributed by atoms with Crippen LogP contribution in [0.25, 0.3) is 0 Å². The van der Waals surface area contributed by atoms with E-state index < -0.39 is 0 Å². The van der Waals surface area contributed by atoms with Crippen molar-refractivity contribution in [1.29, 1.82) is 5.26 Å². The molecule has 0 radical (unpaired) electrons. The highest BCUT2D eigenvalue weighted by Gasteiger charge is 2.36.